The molecule has 0 aliphatic carbocycles. The molecule has 0 fully saturated rings. The van der Waals surface area contributed by atoms with Crippen LogP contribution < -0.4 is 5.32 Å². The molecule has 0 saturated carbocycles. The third-order valence-corrected chi connectivity index (χ3v) is 0.985. The van der Waals surface area contributed by atoms with Gasteiger partial charge in [-0.1, -0.05) is 6.08 Å². The second-order valence-electron chi connectivity index (χ2n) is 1.56. The quantitative estimate of drug-likeness (QED) is 0.536. The van der Waals surface area contributed by atoms with Gasteiger partial charge in [-0.05, 0) is 19.2 Å². The molecule has 0 amide bonds. The fourth-order valence-corrected chi connectivity index (χ4v) is 0.550. The smallest absolute Gasteiger partial charge is 0.168 e. The molecular formula is C6H9NO. The summed E-state index contributed by atoms with van der Waals surface area (Å²) < 4.78 is 5.05. The van der Waals surface area contributed by atoms with E-state index in [9.17, 15) is 0 Å². The van der Waals surface area contributed by atoms with Crippen molar-refractivity contribution in [3.8, 4) is 0 Å². The Balaban J connectivity index is 2.40. The van der Waals surface area contributed by atoms with Crippen molar-refractivity contribution in [2.24, 2.45) is 0 Å². The predicted octanol–water partition coefficient (Wildman–Crippen LogP) is 0.632. The monoisotopic (exact) mass is 111 g/mol. The molecule has 0 aromatic heterocycles. The zero-order valence-electron chi connectivity index (χ0n) is 4.79. The zero-order valence-corrected chi connectivity index (χ0v) is 4.79. The lowest BCUT2D eigenvalue weighted by atomic mass is 10.4. The lowest BCUT2D eigenvalue weighted by Gasteiger charge is -2.12. The maximum atomic E-state index is 5.05. The van der Waals surface area contributed by atoms with Gasteiger partial charge in [0.15, 0.2) is 6.23 Å². The highest BCUT2D eigenvalue weighted by atomic mass is 16.5. The Kier molecular flexibility index (Phi) is 1.70. The molecule has 0 aromatic rings. The van der Waals surface area contributed by atoms with Gasteiger partial charge in [0.2, 0.25) is 0 Å². The summed E-state index contributed by atoms with van der Waals surface area (Å²) in [5.41, 5.74) is 0. The van der Waals surface area contributed by atoms with E-state index in [1.54, 1.807) is 6.26 Å². The largest absolute Gasteiger partial charge is 0.479 e. The molecule has 8 heavy (non-hydrogen) atoms. The Morgan fingerprint density at radius 1 is 1.50 bits per heavy atom. The van der Waals surface area contributed by atoms with E-state index in [1.807, 2.05) is 25.3 Å². The van der Waals surface area contributed by atoms with E-state index in [-0.39, 0.29) is 6.23 Å². The van der Waals surface area contributed by atoms with Crippen LogP contribution in [-0.4, -0.2) is 13.3 Å². The van der Waals surface area contributed by atoms with Crippen molar-refractivity contribution >= 4 is 0 Å². The van der Waals surface area contributed by atoms with E-state index >= 15 is 0 Å². The molecule has 2 nitrogen and oxygen atoms in total. The molecular weight excluding hydrogens is 102 g/mol. The number of rotatable bonds is 1. The van der Waals surface area contributed by atoms with E-state index in [2.05, 4.69) is 5.32 Å². The third-order valence-electron chi connectivity index (χ3n) is 0.985. The van der Waals surface area contributed by atoms with Crippen LogP contribution in [0.5, 0.6) is 0 Å². The molecule has 1 aliphatic heterocycles. The number of nitrogens with one attached hydrogen (secondary N) is 1. The summed E-state index contributed by atoms with van der Waals surface area (Å²) in [6, 6.07) is 0. The highest BCUT2D eigenvalue weighted by Crippen LogP contribution is 1.96. The first-order chi connectivity index (χ1) is 3.93. The van der Waals surface area contributed by atoms with Gasteiger partial charge >= 0.3 is 0 Å². The van der Waals surface area contributed by atoms with Gasteiger partial charge in [0.05, 0.1) is 6.26 Å². The minimum Gasteiger partial charge on any atom is -0.479 e. The van der Waals surface area contributed by atoms with Gasteiger partial charge in [-0.3, -0.25) is 5.32 Å². The van der Waals surface area contributed by atoms with Gasteiger partial charge < -0.3 is 4.74 Å². The van der Waals surface area contributed by atoms with Crippen LogP contribution in [0.3, 0.4) is 0 Å². The minimum atomic E-state index is 0.0694. The van der Waals surface area contributed by atoms with Crippen molar-refractivity contribution in [2.45, 2.75) is 6.23 Å². The van der Waals surface area contributed by atoms with E-state index in [0.29, 0.717) is 0 Å². The first kappa shape index (κ1) is 5.38. The molecule has 0 spiro atoms. The molecule has 1 N–H and O–H groups in total. The number of likely N-dealkylation sites (N-methyl/N-ethyl adjacent to an activating group) is 1. The van der Waals surface area contributed by atoms with Crippen LogP contribution in [-0.2, 0) is 4.74 Å². The van der Waals surface area contributed by atoms with Crippen molar-refractivity contribution in [2.75, 3.05) is 7.05 Å². The Bertz CT molecular complexity index is 118. The van der Waals surface area contributed by atoms with Crippen LogP contribution in [0.15, 0.2) is 24.5 Å². The van der Waals surface area contributed by atoms with Crippen molar-refractivity contribution in [3.05, 3.63) is 24.5 Å². The fraction of sp³-hybridized carbons (Fsp3) is 0.333. The molecule has 1 heterocycles. The van der Waals surface area contributed by atoms with E-state index < -0.39 is 0 Å². The first-order valence-electron chi connectivity index (χ1n) is 2.59. The van der Waals surface area contributed by atoms with E-state index in [0.717, 1.165) is 0 Å². The van der Waals surface area contributed by atoms with Crippen LogP contribution in [0, 0.1) is 0 Å². The van der Waals surface area contributed by atoms with Gasteiger partial charge in [0.1, 0.15) is 0 Å². The average Bonchev–Trinajstić information content (AvgIpc) is 1.90. The van der Waals surface area contributed by atoms with Crippen LogP contribution in [0.2, 0.25) is 0 Å². The molecule has 2 heteroatoms. The molecule has 1 rings (SSSR count). The number of ether oxygens (including phenoxy) is 1. The maximum absolute atomic E-state index is 5.05. The number of hydrogen-bond donors (Lipinski definition) is 1. The molecule has 44 valence electrons. The van der Waals surface area contributed by atoms with Gasteiger partial charge in [-0.25, -0.2) is 0 Å². The van der Waals surface area contributed by atoms with Gasteiger partial charge in [0, 0.05) is 0 Å². The summed E-state index contributed by atoms with van der Waals surface area (Å²) in [6.45, 7) is 0. The molecule has 0 bridgehead atoms. The van der Waals surface area contributed by atoms with Crippen LogP contribution in [0.4, 0.5) is 0 Å². The first-order valence-corrected chi connectivity index (χ1v) is 2.59. The molecule has 0 radical (unpaired) electrons. The Morgan fingerprint density at radius 2 is 2.38 bits per heavy atom. The standard InChI is InChI=1S/C6H9NO/c1-7-6-4-2-3-5-8-6/h2-7H,1H3. The van der Waals surface area contributed by atoms with Gasteiger partial charge in [0.25, 0.3) is 0 Å². The van der Waals surface area contributed by atoms with Crippen molar-refractivity contribution in [3.63, 3.8) is 0 Å². The fourth-order valence-electron chi connectivity index (χ4n) is 0.550. The summed E-state index contributed by atoms with van der Waals surface area (Å²) in [6.07, 6.45) is 7.49. The highest BCUT2D eigenvalue weighted by Gasteiger charge is 1.98. The van der Waals surface area contributed by atoms with E-state index in [1.165, 1.54) is 0 Å². The molecule has 1 aliphatic rings. The third kappa shape index (κ3) is 1.10. The van der Waals surface area contributed by atoms with Gasteiger partial charge in [-0.2, -0.15) is 0 Å². The Labute approximate surface area is 48.8 Å². The molecule has 0 saturated heterocycles. The minimum absolute atomic E-state index is 0.0694. The second-order valence-corrected chi connectivity index (χ2v) is 1.56. The lowest BCUT2D eigenvalue weighted by Crippen LogP contribution is -2.24. The van der Waals surface area contributed by atoms with Crippen molar-refractivity contribution in [1.82, 2.24) is 5.32 Å². The van der Waals surface area contributed by atoms with Crippen LogP contribution in [0.25, 0.3) is 0 Å². The second kappa shape index (κ2) is 2.52. The Morgan fingerprint density at radius 3 is 2.75 bits per heavy atom. The zero-order chi connectivity index (χ0) is 5.82. The highest BCUT2D eigenvalue weighted by molar-refractivity contribution is 5.06. The summed E-state index contributed by atoms with van der Waals surface area (Å²) in [5, 5.41) is 2.94. The maximum Gasteiger partial charge on any atom is 0.168 e. The predicted molar refractivity (Wildman–Crippen MR) is 32.2 cm³/mol. The summed E-state index contributed by atoms with van der Waals surface area (Å²) >= 11 is 0. The number of hydrogen-bond acceptors (Lipinski definition) is 2. The summed E-state index contributed by atoms with van der Waals surface area (Å²) in [7, 11) is 1.86. The summed E-state index contributed by atoms with van der Waals surface area (Å²) in [4.78, 5) is 0. The van der Waals surface area contributed by atoms with Crippen molar-refractivity contribution < 1.29 is 4.74 Å². The van der Waals surface area contributed by atoms with Crippen LogP contribution >= 0.6 is 0 Å². The molecule has 1 unspecified atom stereocenters. The average molecular weight is 111 g/mol. The van der Waals surface area contributed by atoms with Crippen LogP contribution in [0.1, 0.15) is 0 Å². The van der Waals surface area contributed by atoms with Crippen molar-refractivity contribution in [1.29, 1.82) is 0 Å². The normalized spacial score (nSPS) is 25.4. The Hall–Kier alpha value is -0.760. The molecule has 0 aromatic carbocycles. The molecule has 1 atom stereocenters. The van der Waals surface area contributed by atoms with E-state index in [4.69, 9.17) is 4.74 Å². The number of allylic oxidation sites excluding steroid dienone is 2. The van der Waals surface area contributed by atoms with Gasteiger partial charge in [-0.15, -0.1) is 0 Å². The SMILES string of the molecule is CNC1C=CC=CO1. The lowest BCUT2D eigenvalue weighted by molar-refractivity contribution is 0.159. The summed E-state index contributed by atoms with van der Waals surface area (Å²) in [5.74, 6) is 0. The topological polar surface area (TPSA) is 21.3 Å².